The Morgan fingerprint density at radius 3 is 2.05 bits per heavy atom. The maximum absolute atomic E-state index is 5.96. The van der Waals surface area contributed by atoms with Crippen molar-refractivity contribution in [2.75, 3.05) is 0 Å². The number of pyridine rings is 1. The molecule has 0 spiro atoms. The van der Waals surface area contributed by atoms with Crippen LogP contribution in [0.4, 0.5) is 0 Å². The van der Waals surface area contributed by atoms with Gasteiger partial charge >= 0.3 is 7.12 Å². The summed E-state index contributed by atoms with van der Waals surface area (Å²) in [4.78, 5) is 12.9. The molecular weight excluding hydrogens is 265 g/mol. The van der Waals surface area contributed by atoms with Crippen LogP contribution in [0.15, 0.2) is 36.9 Å². The molecule has 0 aromatic carbocycles. The maximum atomic E-state index is 5.96. The van der Waals surface area contributed by atoms with Gasteiger partial charge in [-0.25, -0.2) is 0 Å². The summed E-state index contributed by atoms with van der Waals surface area (Å²) in [6.07, 6.45) is 6.91. The maximum Gasteiger partial charge on any atom is 0.516 e. The SMILES string of the molecule is CC1(C)OB(c2cnc(-c3ccncc3)cn2)OC1(C)C. The minimum Gasteiger partial charge on any atom is -0.398 e. The molecule has 0 unspecified atom stereocenters. The van der Waals surface area contributed by atoms with E-state index in [0.717, 1.165) is 11.3 Å². The highest BCUT2D eigenvalue weighted by atomic mass is 16.7. The molecule has 0 amide bonds. The first-order valence-corrected chi connectivity index (χ1v) is 6.97. The molecule has 21 heavy (non-hydrogen) atoms. The molecule has 6 heteroatoms. The summed E-state index contributed by atoms with van der Waals surface area (Å²) in [5, 5.41) is 0. The van der Waals surface area contributed by atoms with Crippen LogP contribution in [0, 0.1) is 0 Å². The van der Waals surface area contributed by atoms with E-state index in [2.05, 4.69) is 15.0 Å². The van der Waals surface area contributed by atoms with Crippen LogP contribution in [0.2, 0.25) is 0 Å². The molecule has 0 saturated carbocycles. The normalized spacial score (nSPS) is 19.7. The summed E-state index contributed by atoms with van der Waals surface area (Å²) in [6, 6.07) is 3.80. The minimum atomic E-state index is -0.478. The summed E-state index contributed by atoms with van der Waals surface area (Å²) in [5.41, 5.74) is 1.73. The van der Waals surface area contributed by atoms with E-state index in [0.29, 0.717) is 5.59 Å². The lowest BCUT2D eigenvalue weighted by molar-refractivity contribution is 0.00578. The van der Waals surface area contributed by atoms with E-state index in [9.17, 15) is 0 Å². The second kappa shape index (κ2) is 4.89. The van der Waals surface area contributed by atoms with Gasteiger partial charge in [0.1, 0.15) is 0 Å². The summed E-state index contributed by atoms with van der Waals surface area (Å²) in [7, 11) is -0.478. The fraction of sp³-hybridized carbons (Fsp3) is 0.400. The van der Waals surface area contributed by atoms with Crippen molar-refractivity contribution < 1.29 is 9.31 Å². The summed E-state index contributed by atoms with van der Waals surface area (Å²) in [5.74, 6) is 0. The van der Waals surface area contributed by atoms with Gasteiger partial charge < -0.3 is 9.31 Å². The number of nitrogens with zero attached hydrogens (tertiary/aromatic N) is 3. The second-order valence-corrected chi connectivity index (χ2v) is 6.15. The molecular formula is C15H18BN3O2. The first-order valence-electron chi connectivity index (χ1n) is 6.97. The van der Waals surface area contributed by atoms with E-state index < -0.39 is 7.12 Å². The Balaban J connectivity index is 1.83. The van der Waals surface area contributed by atoms with Crippen molar-refractivity contribution in [3.05, 3.63) is 36.9 Å². The predicted molar refractivity (Wildman–Crippen MR) is 81.0 cm³/mol. The van der Waals surface area contributed by atoms with Gasteiger partial charge in [0.05, 0.1) is 28.7 Å². The third kappa shape index (κ3) is 2.56. The van der Waals surface area contributed by atoms with Crippen LogP contribution < -0.4 is 5.59 Å². The molecule has 0 radical (unpaired) electrons. The molecule has 1 fully saturated rings. The summed E-state index contributed by atoms with van der Waals surface area (Å²) in [6.45, 7) is 8.08. The van der Waals surface area contributed by atoms with Crippen molar-refractivity contribution in [3.63, 3.8) is 0 Å². The highest BCUT2D eigenvalue weighted by Gasteiger charge is 2.52. The third-order valence-electron chi connectivity index (χ3n) is 4.14. The molecule has 0 bridgehead atoms. The van der Waals surface area contributed by atoms with E-state index in [4.69, 9.17) is 9.31 Å². The van der Waals surface area contributed by atoms with Crippen molar-refractivity contribution in [2.24, 2.45) is 0 Å². The van der Waals surface area contributed by atoms with Crippen molar-refractivity contribution in [1.29, 1.82) is 0 Å². The number of rotatable bonds is 2. The number of aromatic nitrogens is 3. The van der Waals surface area contributed by atoms with E-state index in [1.54, 1.807) is 24.8 Å². The zero-order chi connectivity index (χ0) is 15.1. The fourth-order valence-corrected chi connectivity index (χ4v) is 2.10. The van der Waals surface area contributed by atoms with Crippen molar-refractivity contribution in [3.8, 4) is 11.3 Å². The molecule has 108 valence electrons. The lowest BCUT2D eigenvalue weighted by Crippen LogP contribution is -2.41. The van der Waals surface area contributed by atoms with Crippen LogP contribution in [0.3, 0.4) is 0 Å². The highest BCUT2D eigenvalue weighted by molar-refractivity contribution is 6.61. The largest absolute Gasteiger partial charge is 0.516 e. The first-order chi connectivity index (χ1) is 9.89. The minimum absolute atomic E-state index is 0.372. The third-order valence-corrected chi connectivity index (χ3v) is 4.14. The van der Waals surface area contributed by atoms with Crippen LogP contribution in [0.5, 0.6) is 0 Å². The molecule has 1 aliphatic heterocycles. The molecule has 3 rings (SSSR count). The molecule has 0 N–H and O–H groups in total. The lowest BCUT2D eigenvalue weighted by atomic mass is 9.85. The molecule has 0 aliphatic carbocycles. The van der Waals surface area contributed by atoms with Gasteiger partial charge in [0, 0.05) is 24.2 Å². The molecule has 1 aliphatic rings. The smallest absolute Gasteiger partial charge is 0.398 e. The average Bonchev–Trinajstić information content (AvgIpc) is 2.69. The zero-order valence-electron chi connectivity index (χ0n) is 12.7. The van der Waals surface area contributed by atoms with E-state index in [-0.39, 0.29) is 11.2 Å². The molecule has 5 nitrogen and oxygen atoms in total. The van der Waals surface area contributed by atoms with Crippen LogP contribution >= 0.6 is 0 Å². The van der Waals surface area contributed by atoms with Crippen molar-refractivity contribution >= 4 is 12.7 Å². The zero-order valence-corrected chi connectivity index (χ0v) is 12.7. The van der Waals surface area contributed by atoms with Gasteiger partial charge in [0.25, 0.3) is 0 Å². The van der Waals surface area contributed by atoms with Crippen molar-refractivity contribution in [2.45, 2.75) is 38.9 Å². The van der Waals surface area contributed by atoms with Gasteiger partial charge in [-0.05, 0) is 39.8 Å². The van der Waals surface area contributed by atoms with Crippen LogP contribution in [0.1, 0.15) is 27.7 Å². The Kier molecular flexibility index (Phi) is 3.30. The fourth-order valence-electron chi connectivity index (χ4n) is 2.10. The standard InChI is InChI=1S/C15H18BN3O2/c1-14(2)15(3,4)21-16(20-14)13-10-18-12(9-19-13)11-5-7-17-8-6-11/h5-10H,1-4H3. The molecule has 2 aromatic rings. The molecule has 3 heterocycles. The van der Waals surface area contributed by atoms with Crippen molar-refractivity contribution in [1.82, 2.24) is 15.0 Å². The van der Waals surface area contributed by atoms with Gasteiger partial charge in [-0.1, -0.05) is 0 Å². The van der Waals surface area contributed by atoms with Gasteiger partial charge in [-0.3, -0.25) is 15.0 Å². The van der Waals surface area contributed by atoms with Gasteiger partial charge in [0.2, 0.25) is 0 Å². The summed E-state index contributed by atoms with van der Waals surface area (Å²) >= 11 is 0. The number of hydrogen-bond acceptors (Lipinski definition) is 5. The van der Waals surface area contributed by atoms with Gasteiger partial charge in [0.15, 0.2) is 0 Å². The Hall–Kier alpha value is -1.79. The first kappa shape index (κ1) is 14.2. The second-order valence-electron chi connectivity index (χ2n) is 6.15. The monoisotopic (exact) mass is 283 g/mol. The van der Waals surface area contributed by atoms with Crippen LogP contribution in [0.25, 0.3) is 11.3 Å². The van der Waals surface area contributed by atoms with E-state index in [1.165, 1.54) is 0 Å². The Bertz CT molecular complexity index is 613. The van der Waals surface area contributed by atoms with E-state index in [1.807, 2.05) is 39.8 Å². The van der Waals surface area contributed by atoms with Gasteiger partial charge in [-0.15, -0.1) is 0 Å². The summed E-state index contributed by atoms with van der Waals surface area (Å²) < 4.78 is 11.9. The Labute approximate surface area is 124 Å². The topological polar surface area (TPSA) is 57.1 Å². The van der Waals surface area contributed by atoms with Crippen LogP contribution in [-0.2, 0) is 9.31 Å². The lowest BCUT2D eigenvalue weighted by Gasteiger charge is -2.32. The molecule has 2 aromatic heterocycles. The average molecular weight is 283 g/mol. The molecule has 1 saturated heterocycles. The highest BCUT2D eigenvalue weighted by Crippen LogP contribution is 2.36. The van der Waals surface area contributed by atoms with Crippen LogP contribution in [-0.4, -0.2) is 33.3 Å². The molecule has 0 atom stereocenters. The Morgan fingerprint density at radius 1 is 0.905 bits per heavy atom. The predicted octanol–water partition coefficient (Wildman–Crippen LogP) is 1.84. The Morgan fingerprint density at radius 2 is 1.52 bits per heavy atom. The van der Waals surface area contributed by atoms with E-state index >= 15 is 0 Å². The van der Waals surface area contributed by atoms with Gasteiger partial charge in [-0.2, -0.15) is 0 Å². The quantitative estimate of drug-likeness (QED) is 0.787. The number of hydrogen-bond donors (Lipinski definition) is 0.